The van der Waals surface area contributed by atoms with E-state index in [1.165, 1.54) is 4.31 Å². The average Bonchev–Trinajstić information content (AvgIpc) is 2.80. The molecule has 102 valence electrons. The van der Waals surface area contributed by atoms with E-state index in [1.54, 1.807) is 31.6 Å². The molecule has 0 saturated heterocycles. The minimum Gasteiger partial charge on any atom is -0.347 e. The third kappa shape index (κ3) is 3.02. The zero-order chi connectivity index (χ0) is 14.0. The van der Waals surface area contributed by atoms with E-state index in [9.17, 15) is 8.42 Å². The van der Waals surface area contributed by atoms with E-state index in [1.807, 2.05) is 19.9 Å². The van der Waals surface area contributed by atoms with Gasteiger partial charge in [0.1, 0.15) is 5.82 Å². The number of H-pyrrole nitrogens is 1. The molecule has 0 amide bonds. The van der Waals surface area contributed by atoms with Gasteiger partial charge in [0.05, 0.1) is 11.4 Å². The maximum Gasteiger partial charge on any atom is 0.243 e. The van der Waals surface area contributed by atoms with Gasteiger partial charge in [0.15, 0.2) is 0 Å². The molecule has 1 aromatic carbocycles. The molecule has 1 aromatic heterocycles. The van der Waals surface area contributed by atoms with Crippen molar-refractivity contribution in [1.29, 1.82) is 0 Å². The second-order valence-electron chi connectivity index (χ2n) is 4.62. The van der Waals surface area contributed by atoms with Gasteiger partial charge in [-0.25, -0.2) is 13.4 Å². The number of sulfonamides is 1. The molecule has 6 heteroatoms. The molecule has 0 aliphatic heterocycles. The summed E-state index contributed by atoms with van der Waals surface area (Å²) >= 11 is 0. The van der Waals surface area contributed by atoms with Crippen LogP contribution in [0.1, 0.15) is 17.0 Å². The minimum absolute atomic E-state index is 0.225. The maximum atomic E-state index is 12.4. The van der Waals surface area contributed by atoms with Crippen LogP contribution in [0.5, 0.6) is 0 Å². The monoisotopic (exact) mass is 279 g/mol. The van der Waals surface area contributed by atoms with Crippen LogP contribution in [0.25, 0.3) is 0 Å². The summed E-state index contributed by atoms with van der Waals surface area (Å²) in [6.07, 6.45) is 3.28. The maximum absolute atomic E-state index is 12.4. The molecule has 0 bridgehead atoms. The smallest absolute Gasteiger partial charge is 0.243 e. The van der Waals surface area contributed by atoms with E-state index in [4.69, 9.17) is 0 Å². The Hall–Kier alpha value is -1.66. The van der Waals surface area contributed by atoms with Crippen LogP contribution in [0, 0.1) is 13.8 Å². The highest BCUT2D eigenvalue weighted by molar-refractivity contribution is 7.89. The molecule has 0 unspecified atom stereocenters. The van der Waals surface area contributed by atoms with Gasteiger partial charge in [0.25, 0.3) is 0 Å². The number of imidazole rings is 1. The Labute approximate surface area is 113 Å². The quantitative estimate of drug-likeness (QED) is 0.928. The summed E-state index contributed by atoms with van der Waals surface area (Å²) in [5, 5.41) is 0. The molecular formula is C13H17N3O2S. The van der Waals surface area contributed by atoms with Crippen molar-refractivity contribution in [2.75, 3.05) is 7.05 Å². The van der Waals surface area contributed by atoms with Crippen molar-refractivity contribution >= 4 is 10.0 Å². The molecule has 19 heavy (non-hydrogen) atoms. The van der Waals surface area contributed by atoms with E-state index < -0.39 is 10.0 Å². The van der Waals surface area contributed by atoms with Gasteiger partial charge >= 0.3 is 0 Å². The molecule has 0 aliphatic rings. The van der Waals surface area contributed by atoms with Crippen LogP contribution in [-0.2, 0) is 16.6 Å². The van der Waals surface area contributed by atoms with Crippen molar-refractivity contribution in [2.24, 2.45) is 0 Å². The third-order valence-electron chi connectivity index (χ3n) is 2.83. The summed E-state index contributed by atoms with van der Waals surface area (Å²) < 4.78 is 26.2. The van der Waals surface area contributed by atoms with E-state index in [0.29, 0.717) is 10.7 Å². The Morgan fingerprint density at radius 3 is 2.37 bits per heavy atom. The predicted octanol–water partition coefficient (Wildman–Crippen LogP) is 1.85. The summed E-state index contributed by atoms with van der Waals surface area (Å²) in [5.74, 6) is 0.621. The number of rotatable bonds is 4. The van der Waals surface area contributed by atoms with E-state index in [2.05, 4.69) is 9.97 Å². The number of benzene rings is 1. The second kappa shape index (κ2) is 5.14. The van der Waals surface area contributed by atoms with Gasteiger partial charge in [-0.2, -0.15) is 4.31 Å². The Morgan fingerprint density at radius 1 is 1.21 bits per heavy atom. The lowest BCUT2D eigenvalue weighted by molar-refractivity contribution is 0.458. The number of aromatic amines is 1. The van der Waals surface area contributed by atoms with Gasteiger partial charge in [-0.05, 0) is 37.1 Å². The topological polar surface area (TPSA) is 66.1 Å². The number of hydrogen-bond acceptors (Lipinski definition) is 3. The Bertz CT molecular complexity index is 643. The highest BCUT2D eigenvalue weighted by Gasteiger charge is 2.22. The van der Waals surface area contributed by atoms with Gasteiger partial charge in [0.2, 0.25) is 10.0 Å². The van der Waals surface area contributed by atoms with E-state index in [-0.39, 0.29) is 6.54 Å². The number of nitrogens with one attached hydrogen (secondary N) is 1. The predicted molar refractivity (Wildman–Crippen MR) is 73.2 cm³/mol. The molecule has 0 fully saturated rings. The summed E-state index contributed by atoms with van der Waals surface area (Å²) in [4.78, 5) is 7.25. The number of aryl methyl sites for hydroxylation is 2. The van der Waals surface area contributed by atoms with Crippen molar-refractivity contribution in [3.05, 3.63) is 47.5 Å². The van der Waals surface area contributed by atoms with Crippen LogP contribution in [0.15, 0.2) is 35.5 Å². The molecule has 5 nitrogen and oxygen atoms in total. The average molecular weight is 279 g/mol. The van der Waals surface area contributed by atoms with Gasteiger partial charge in [-0.3, -0.25) is 0 Å². The van der Waals surface area contributed by atoms with Crippen molar-refractivity contribution in [1.82, 2.24) is 14.3 Å². The van der Waals surface area contributed by atoms with Gasteiger partial charge in [-0.15, -0.1) is 0 Å². The first-order chi connectivity index (χ1) is 8.89. The molecule has 0 spiro atoms. The Morgan fingerprint density at radius 2 is 1.84 bits per heavy atom. The molecular weight excluding hydrogens is 262 g/mol. The van der Waals surface area contributed by atoms with Gasteiger partial charge in [0, 0.05) is 19.4 Å². The fourth-order valence-corrected chi connectivity index (χ4v) is 3.26. The fraction of sp³-hybridized carbons (Fsp3) is 0.308. The first kappa shape index (κ1) is 13.8. The lowest BCUT2D eigenvalue weighted by atomic mass is 10.2. The van der Waals surface area contributed by atoms with Crippen molar-refractivity contribution < 1.29 is 8.42 Å². The number of nitrogens with zero attached hydrogens (tertiary/aromatic N) is 2. The van der Waals surface area contributed by atoms with Crippen LogP contribution in [0.2, 0.25) is 0 Å². The number of aromatic nitrogens is 2. The SMILES string of the molecule is Cc1cc(C)cc(S(=O)(=O)N(C)Cc2ncc[nH]2)c1. The zero-order valence-electron chi connectivity index (χ0n) is 11.2. The number of hydrogen-bond donors (Lipinski definition) is 1. The van der Waals surface area contributed by atoms with Crippen LogP contribution in [0.3, 0.4) is 0 Å². The van der Waals surface area contributed by atoms with E-state index >= 15 is 0 Å². The molecule has 0 atom stereocenters. The normalized spacial score (nSPS) is 12.0. The zero-order valence-corrected chi connectivity index (χ0v) is 12.0. The third-order valence-corrected chi connectivity index (χ3v) is 4.61. The molecule has 0 radical (unpaired) electrons. The summed E-state index contributed by atoms with van der Waals surface area (Å²) in [7, 11) is -1.94. The van der Waals surface area contributed by atoms with Crippen molar-refractivity contribution in [2.45, 2.75) is 25.3 Å². The summed E-state index contributed by atoms with van der Waals surface area (Å²) in [5.41, 5.74) is 1.87. The lowest BCUT2D eigenvalue weighted by Gasteiger charge is -2.16. The van der Waals surface area contributed by atoms with Crippen LogP contribution < -0.4 is 0 Å². The molecule has 1 heterocycles. The van der Waals surface area contributed by atoms with Gasteiger partial charge in [-0.1, -0.05) is 6.07 Å². The first-order valence-electron chi connectivity index (χ1n) is 5.92. The summed E-state index contributed by atoms with van der Waals surface area (Å²) in [6, 6.07) is 5.31. The van der Waals surface area contributed by atoms with Gasteiger partial charge < -0.3 is 4.98 Å². The Kier molecular flexibility index (Phi) is 3.73. The van der Waals surface area contributed by atoms with Crippen LogP contribution in [0.4, 0.5) is 0 Å². The van der Waals surface area contributed by atoms with Crippen molar-refractivity contribution in [3.8, 4) is 0 Å². The standard InChI is InChI=1S/C13H17N3O2S/c1-10-6-11(2)8-12(7-10)19(17,18)16(3)9-13-14-4-5-15-13/h4-8H,9H2,1-3H3,(H,14,15). The molecule has 0 aliphatic carbocycles. The molecule has 0 saturated carbocycles. The second-order valence-corrected chi connectivity index (χ2v) is 6.67. The van der Waals surface area contributed by atoms with Crippen LogP contribution >= 0.6 is 0 Å². The highest BCUT2D eigenvalue weighted by Crippen LogP contribution is 2.19. The summed E-state index contributed by atoms with van der Waals surface area (Å²) in [6.45, 7) is 4.00. The van der Waals surface area contributed by atoms with E-state index in [0.717, 1.165) is 11.1 Å². The lowest BCUT2D eigenvalue weighted by Crippen LogP contribution is -2.27. The van der Waals surface area contributed by atoms with Crippen molar-refractivity contribution in [3.63, 3.8) is 0 Å². The highest BCUT2D eigenvalue weighted by atomic mass is 32.2. The molecule has 1 N–H and O–H groups in total. The fourth-order valence-electron chi connectivity index (χ4n) is 1.94. The first-order valence-corrected chi connectivity index (χ1v) is 7.36. The molecule has 2 rings (SSSR count). The van der Waals surface area contributed by atoms with Crippen LogP contribution in [-0.4, -0.2) is 29.7 Å². The molecule has 2 aromatic rings. The Balaban J connectivity index is 2.31. The largest absolute Gasteiger partial charge is 0.347 e. The minimum atomic E-state index is -3.49.